The fourth-order valence-corrected chi connectivity index (χ4v) is 5.96. The number of alkyl halides is 2. The molecule has 0 unspecified atom stereocenters. The first kappa shape index (κ1) is 19.9. The van der Waals surface area contributed by atoms with E-state index in [0.29, 0.717) is 22.2 Å². The number of halogens is 2. The van der Waals surface area contributed by atoms with Gasteiger partial charge in [-0.1, -0.05) is 0 Å². The lowest BCUT2D eigenvalue weighted by Gasteiger charge is -2.25. The molecule has 1 fully saturated rings. The average Bonchev–Trinajstić information content (AvgIpc) is 3.12. The van der Waals surface area contributed by atoms with Crippen LogP contribution in [0.3, 0.4) is 0 Å². The summed E-state index contributed by atoms with van der Waals surface area (Å²) in [5.41, 5.74) is 1.16. The van der Waals surface area contributed by atoms with Gasteiger partial charge < -0.3 is 4.98 Å². The summed E-state index contributed by atoms with van der Waals surface area (Å²) in [5, 5.41) is 0.273. The smallest absolute Gasteiger partial charge is 0.278 e. The molecule has 0 radical (unpaired) electrons. The number of H-pyrrole nitrogens is 1. The van der Waals surface area contributed by atoms with Crippen LogP contribution in [0.5, 0.6) is 0 Å². The van der Waals surface area contributed by atoms with E-state index in [1.165, 1.54) is 30.6 Å². The van der Waals surface area contributed by atoms with E-state index in [1.54, 1.807) is 6.07 Å². The standard InChI is InChI=1S/C17H16F2N4O4S2/c18-16(19)14-9-13-12(3-4-20-17(13)22-14)11-1-2-15(21-10-11)29(26,27)23-5-7-28(24,25)8-6-23/h1-4,9-10,16H,5-8H2,(H,20,22). The Bertz CT molecular complexity index is 1260. The molecule has 12 heteroatoms. The maximum atomic E-state index is 13.0. The van der Waals surface area contributed by atoms with Crippen LogP contribution in [-0.4, -0.2) is 60.7 Å². The van der Waals surface area contributed by atoms with Crippen molar-refractivity contribution < 1.29 is 25.6 Å². The summed E-state index contributed by atoms with van der Waals surface area (Å²) in [4.78, 5) is 10.6. The summed E-state index contributed by atoms with van der Waals surface area (Å²) in [6, 6.07) is 5.79. The molecule has 29 heavy (non-hydrogen) atoms. The number of nitrogens with zero attached hydrogens (tertiary/aromatic N) is 3. The van der Waals surface area contributed by atoms with Crippen molar-refractivity contribution >= 4 is 30.9 Å². The second kappa shape index (κ2) is 7.11. The van der Waals surface area contributed by atoms with Crippen molar-refractivity contribution in [1.29, 1.82) is 0 Å². The zero-order valence-corrected chi connectivity index (χ0v) is 16.5. The summed E-state index contributed by atoms with van der Waals surface area (Å²) in [5.74, 6) is -0.446. The predicted molar refractivity (Wildman–Crippen MR) is 102 cm³/mol. The molecule has 3 aromatic rings. The van der Waals surface area contributed by atoms with E-state index in [4.69, 9.17) is 0 Å². The average molecular weight is 442 g/mol. The second-order valence-corrected chi connectivity index (χ2v) is 10.8. The molecule has 0 spiro atoms. The van der Waals surface area contributed by atoms with E-state index >= 15 is 0 Å². The largest absolute Gasteiger partial charge is 0.338 e. The van der Waals surface area contributed by atoms with Gasteiger partial charge >= 0.3 is 0 Å². The van der Waals surface area contributed by atoms with Gasteiger partial charge in [-0.3, -0.25) is 0 Å². The van der Waals surface area contributed by atoms with Crippen LogP contribution < -0.4 is 0 Å². The van der Waals surface area contributed by atoms with Crippen molar-refractivity contribution in [2.75, 3.05) is 24.6 Å². The SMILES string of the molecule is O=S1(=O)CCN(S(=O)(=O)c2ccc(-c3ccnc4[nH]c(C(F)F)cc34)cn2)CC1. The maximum absolute atomic E-state index is 13.0. The number of rotatable bonds is 4. The first-order chi connectivity index (χ1) is 13.7. The normalized spacial score (nSPS) is 17.8. The van der Waals surface area contributed by atoms with Gasteiger partial charge in [0.2, 0.25) is 0 Å². The lowest BCUT2D eigenvalue weighted by atomic mass is 10.1. The number of aromatic amines is 1. The van der Waals surface area contributed by atoms with Crippen molar-refractivity contribution in [3.8, 4) is 11.1 Å². The van der Waals surface area contributed by atoms with Crippen LogP contribution in [0.2, 0.25) is 0 Å². The Balaban J connectivity index is 1.66. The van der Waals surface area contributed by atoms with Gasteiger partial charge in [-0.25, -0.2) is 35.6 Å². The third-order valence-electron chi connectivity index (χ3n) is 4.74. The minimum atomic E-state index is -3.92. The van der Waals surface area contributed by atoms with Crippen molar-refractivity contribution in [1.82, 2.24) is 19.3 Å². The number of nitrogens with one attached hydrogen (secondary N) is 1. The van der Waals surface area contributed by atoms with E-state index in [2.05, 4.69) is 15.0 Å². The van der Waals surface area contributed by atoms with Crippen LogP contribution in [-0.2, 0) is 19.9 Å². The molecular formula is C17H16F2N4O4S2. The molecule has 1 aliphatic heterocycles. The van der Waals surface area contributed by atoms with Gasteiger partial charge in [-0.05, 0) is 29.8 Å². The van der Waals surface area contributed by atoms with Crippen LogP contribution in [0.25, 0.3) is 22.2 Å². The van der Waals surface area contributed by atoms with Crippen molar-refractivity contribution in [3.05, 3.63) is 42.4 Å². The Morgan fingerprint density at radius 2 is 1.83 bits per heavy atom. The van der Waals surface area contributed by atoms with Crippen LogP contribution in [0.15, 0.2) is 41.7 Å². The zero-order chi connectivity index (χ0) is 20.8. The quantitative estimate of drug-likeness (QED) is 0.661. The summed E-state index contributed by atoms with van der Waals surface area (Å²) in [7, 11) is -7.14. The maximum Gasteiger partial charge on any atom is 0.278 e. The number of fused-ring (bicyclic) bond motifs is 1. The van der Waals surface area contributed by atoms with Crippen molar-refractivity contribution in [3.63, 3.8) is 0 Å². The lowest BCUT2D eigenvalue weighted by Crippen LogP contribution is -2.43. The van der Waals surface area contributed by atoms with Crippen molar-refractivity contribution in [2.45, 2.75) is 11.5 Å². The topological polar surface area (TPSA) is 113 Å². The van der Waals surface area contributed by atoms with Gasteiger partial charge in [0, 0.05) is 36.4 Å². The summed E-state index contributed by atoms with van der Waals surface area (Å²) >= 11 is 0. The van der Waals surface area contributed by atoms with E-state index in [0.717, 1.165) is 4.31 Å². The first-order valence-corrected chi connectivity index (χ1v) is 11.9. The lowest BCUT2D eigenvalue weighted by molar-refractivity contribution is 0.147. The molecular weight excluding hydrogens is 426 g/mol. The molecule has 1 saturated heterocycles. The molecule has 0 bridgehead atoms. The molecule has 0 saturated carbocycles. The second-order valence-electron chi connectivity index (χ2n) is 6.59. The van der Waals surface area contributed by atoms with Crippen LogP contribution in [0, 0.1) is 0 Å². The molecule has 0 amide bonds. The molecule has 4 heterocycles. The third-order valence-corrected chi connectivity index (χ3v) is 8.17. The third kappa shape index (κ3) is 3.74. The summed E-state index contributed by atoms with van der Waals surface area (Å²) in [6.07, 6.45) is 0.135. The van der Waals surface area contributed by atoms with Gasteiger partial charge in [0.15, 0.2) is 14.9 Å². The highest BCUT2D eigenvalue weighted by Gasteiger charge is 2.32. The minimum Gasteiger partial charge on any atom is -0.338 e. The number of hydrogen-bond donors (Lipinski definition) is 1. The summed E-state index contributed by atoms with van der Waals surface area (Å²) in [6.45, 7) is -0.225. The van der Waals surface area contributed by atoms with Gasteiger partial charge in [0.05, 0.1) is 17.2 Å². The van der Waals surface area contributed by atoms with E-state index < -0.39 is 26.3 Å². The van der Waals surface area contributed by atoms with Crippen LogP contribution in [0.1, 0.15) is 12.1 Å². The highest BCUT2D eigenvalue weighted by Crippen LogP contribution is 2.31. The van der Waals surface area contributed by atoms with E-state index in [-0.39, 0.29) is 35.3 Å². The van der Waals surface area contributed by atoms with Crippen LogP contribution >= 0.6 is 0 Å². The predicted octanol–water partition coefficient (Wildman–Crippen LogP) is 1.98. The van der Waals surface area contributed by atoms with Gasteiger partial charge in [0.25, 0.3) is 16.4 Å². The number of hydrogen-bond acceptors (Lipinski definition) is 6. The highest BCUT2D eigenvalue weighted by atomic mass is 32.2. The monoisotopic (exact) mass is 442 g/mol. The fraction of sp³-hybridized carbons (Fsp3) is 0.294. The summed E-state index contributed by atoms with van der Waals surface area (Å²) < 4.78 is 75.5. The molecule has 0 atom stereocenters. The zero-order valence-electron chi connectivity index (χ0n) is 14.9. The Labute approximate surface area is 165 Å². The fourth-order valence-electron chi connectivity index (χ4n) is 3.18. The van der Waals surface area contributed by atoms with Gasteiger partial charge in [-0.15, -0.1) is 0 Å². The molecule has 1 N–H and O–H groups in total. The Morgan fingerprint density at radius 1 is 1.10 bits per heavy atom. The Morgan fingerprint density at radius 3 is 2.45 bits per heavy atom. The van der Waals surface area contributed by atoms with E-state index in [1.807, 2.05) is 0 Å². The molecule has 3 aromatic heterocycles. The first-order valence-electron chi connectivity index (χ1n) is 8.60. The van der Waals surface area contributed by atoms with Crippen molar-refractivity contribution in [2.24, 2.45) is 0 Å². The molecule has 1 aliphatic rings. The molecule has 0 aromatic carbocycles. The molecule has 4 rings (SSSR count). The van der Waals surface area contributed by atoms with E-state index in [9.17, 15) is 25.6 Å². The number of sulfone groups is 1. The Hall–Kier alpha value is -2.44. The number of sulfonamides is 1. The molecule has 8 nitrogen and oxygen atoms in total. The van der Waals surface area contributed by atoms with Gasteiger partial charge in [-0.2, -0.15) is 4.31 Å². The number of aromatic nitrogens is 3. The molecule has 154 valence electrons. The van der Waals surface area contributed by atoms with Crippen LogP contribution in [0.4, 0.5) is 8.78 Å². The number of pyridine rings is 2. The highest BCUT2D eigenvalue weighted by molar-refractivity contribution is 7.92. The molecule has 0 aliphatic carbocycles. The Kier molecular flexibility index (Phi) is 4.87. The minimum absolute atomic E-state index is 0.112. The van der Waals surface area contributed by atoms with Gasteiger partial charge in [0.1, 0.15) is 5.65 Å².